The van der Waals surface area contributed by atoms with Crippen LogP contribution >= 0.6 is 0 Å². The molecule has 2 aliphatic heterocycles. The van der Waals surface area contributed by atoms with Crippen molar-refractivity contribution in [2.75, 3.05) is 31.1 Å². The normalized spacial score (nSPS) is 17.9. The first-order valence-electron chi connectivity index (χ1n) is 12.3. The van der Waals surface area contributed by atoms with Gasteiger partial charge in [0, 0.05) is 70.8 Å². The lowest BCUT2D eigenvalue weighted by atomic mass is 9.95. The molecule has 4 heterocycles. The van der Waals surface area contributed by atoms with Crippen LogP contribution in [-0.2, 0) is 41.9 Å². The number of aryl methyl sites for hydroxylation is 2. The van der Waals surface area contributed by atoms with Gasteiger partial charge in [-0.2, -0.15) is 9.57 Å². The minimum atomic E-state index is -3.95. The standard InChI is InChI=1S/C25H30N8O3S/c1-29-16-24(28-18-29)37(35,36)33(9-8-31-7-3-4-25(31)34)21-11-20-10-19(12-26)5-6-23(20)32(14-21)15-22-13-27-17-30(22)2/h5-6,10,13,16-18,21H,3-4,7-9,11,14-15H2,1-2H3. The predicted molar refractivity (Wildman–Crippen MR) is 136 cm³/mol. The Bertz CT molecular complexity index is 1450. The van der Waals surface area contributed by atoms with Crippen LogP contribution in [0.2, 0.25) is 0 Å². The van der Waals surface area contributed by atoms with Crippen molar-refractivity contribution in [3.63, 3.8) is 0 Å². The van der Waals surface area contributed by atoms with Crippen molar-refractivity contribution in [3.05, 3.63) is 60.1 Å². The van der Waals surface area contributed by atoms with Crippen molar-refractivity contribution < 1.29 is 13.2 Å². The van der Waals surface area contributed by atoms with Crippen molar-refractivity contribution in [3.8, 4) is 6.07 Å². The number of benzene rings is 1. The molecule has 0 N–H and O–H groups in total. The fraction of sp³-hybridized carbons (Fsp3) is 0.440. The third-order valence-electron chi connectivity index (χ3n) is 7.13. The molecule has 1 atom stereocenters. The molecule has 1 aromatic carbocycles. The molecule has 11 nitrogen and oxygen atoms in total. The van der Waals surface area contributed by atoms with Gasteiger partial charge in [0.25, 0.3) is 10.0 Å². The van der Waals surface area contributed by atoms with Gasteiger partial charge in [0.1, 0.15) is 0 Å². The Morgan fingerprint density at radius 2 is 2.05 bits per heavy atom. The molecule has 1 amide bonds. The van der Waals surface area contributed by atoms with E-state index in [1.165, 1.54) is 16.8 Å². The molecular weight excluding hydrogens is 492 g/mol. The Kier molecular flexibility index (Phi) is 6.74. The minimum Gasteiger partial charge on any atom is -0.364 e. The molecule has 0 radical (unpaired) electrons. The lowest BCUT2D eigenvalue weighted by molar-refractivity contribution is -0.127. The number of nitriles is 1. The van der Waals surface area contributed by atoms with Crippen molar-refractivity contribution in [1.29, 1.82) is 5.26 Å². The highest BCUT2D eigenvalue weighted by Crippen LogP contribution is 2.33. The van der Waals surface area contributed by atoms with Crippen molar-refractivity contribution in [1.82, 2.24) is 28.3 Å². The lowest BCUT2D eigenvalue weighted by Gasteiger charge is -2.41. The van der Waals surface area contributed by atoms with Crippen molar-refractivity contribution in [2.24, 2.45) is 14.1 Å². The first-order valence-corrected chi connectivity index (χ1v) is 13.7. The van der Waals surface area contributed by atoms with Gasteiger partial charge in [-0.1, -0.05) is 0 Å². The second-order valence-corrected chi connectivity index (χ2v) is 11.5. The van der Waals surface area contributed by atoms with E-state index in [1.54, 1.807) is 35.1 Å². The largest absolute Gasteiger partial charge is 0.364 e. The number of hydrogen-bond acceptors (Lipinski definition) is 7. The molecule has 3 aromatic rings. The molecule has 37 heavy (non-hydrogen) atoms. The maximum Gasteiger partial charge on any atom is 0.262 e. The van der Waals surface area contributed by atoms with Gasteiger partial charge in [-0.05, 0) is 36.6 Å². The van der Waals surface area contributed by atoms with Gasteiger partial charge >= 0.3 is 0 Å². The van der Waals surface area contributed by atoms with Crippen LogP contribution in [0.5, 0.6) is 0 Å². The number of fused-ring (bicyclic) bond motifs is 1. The van der Waals surface area contributed by atoms with E-state index in [4.69, 9.17) is 0 Å². The quantitative estimate of drug-likeness (QED) is 0.437. The van der Waals surface area contributed by atoms with Crippen LogP contribution in [0.1, 0.15) is 29.7 Å². The first kappa shape index (κ1) is 25.0. The van der Waals surface area contributed by atoms with E-state index in [2.05, 4.69) is 20.9 Å². The molecule has 0 aliphatic carbocycles. The number of carbonyl (C=O) groups excluding carboxylic acids is 1. The molecule has 2 aliphatic rings. The molecule has 194 valence electrons. The van der Waals surface area contributed by atoms with E-state index in [0.29, 0.717) is 44.6 Å². The summed E-state index contributed by atoms with van der Waals surface area (Å²) in [5.41, 5.74) is 3.40. The predicted octanol–water partition coefficient (Wildman–Crippen LogP) is 1.27. The Morgan fingerprint density at radius 3 is 2.70 bits per heavy atom. The zero-order valence-corrected chi connectivity index (χ0v) is 21.8. The van der Waals surface area contributed by atoms with Crippen LogP contribution in [0, 0.1) is 11.3 Å². The van der Waals surface area contributed by atoms with Crippen molar-refractivity contribution >= 4 is 21.6 Å². The number of rotatable bonds is 8. The average molecular weight is 523 g/mol. The third-order valence-corrected chi connectivity index (χ3v) is 8.97. The number of nitrogens with zero attached hydrogens (tertiary/aromatic N) is 8. The van der Waals surface area contributed by atoms with Crippen LogP contribution in [0.3, 0.4) is 0 Å². The minimum absolute atomic E-state index is 0.0162. The van der Waals surface area contributed by atoms with Gasteiger partial charge in [-0.15, -0.1) is 0 Å². The highest BCUT2D eigenvalue weighted by atomic mass is 32.2. The van der Waals surface area contributed by atoms with Crippen molar-refractivity contribution in [2.45, 2.75) is 36.9 Å². The summed E-state index contributed by atoms with van der Waals surface area (Å²) in [5, 5.41) is 9.49. The molecule has 2 aromatic heterocycles. The van der Waals surface area contributed by atoms with E-state index in [0.717, 1.165) is 23.4 Å². The fourth-order valence-electron chi connectivity index (χ4n) is 5.17. The summed E-state index contributed by atoms with van der Waals surface area (Å²) in [6.07, 6.45) is 8.25. The average Bonchev–Trinajstić information content (AvgIpc) is 3.61. The van der Waals surface area contributed by atoms with Crippen LogP contribution in [-0.4, -0.2) is 74.9 Å². The molecule has 1 fully saturated rings. The zero-order valence-electron chi connectivity index (χ0n) is 21.0. The Hall–Kier alpha value is -3.69. The Balaban J connectivity index is 1.52. The molecule has 0 bridgehead atoms. The summed E-state index contributed by atoms with van der Waals surface area (Å²) >= 11 is 0. The topological polar surface area (TPSA) is 120 Å². The summed E-state index contributed by atoms with van der Waals surface area (Å²) in [6, 6.07) is 7.34. The van der Waals surface area contributed by atoms with Crippen LogP contribution < -0.4 is 4.90 Å². The lowest BCUT2D eigenvalue weighted by Crippen LogP contribution is -2.52. The second-order valence-electron chi connectivity index (χ2n) is 9.67. The number of anilines is 1. The molecule has 1 saturated heterocycles. The molecule has 5 rings (SSSR count). The van der Waals surface area contributed by atoms with E-state index in [9.17, 15) is 18.5 Å². The summed E-state index contributed by atoms with van der Waals surface area (Å²) in [7, 11) is -0.290. The number of sulfonamides is 1. The van der Waals surface area contributed by atoms with Gasteiger partial charge in [0.05, 0.1) is 36.5 Å². The van der Waals surface area contributed by atoms with Gasteiger partial charge in [-0.25, -0.2) is 18.4 Å². The summed E-state index contributed by atoms with van der Waals surface area (Å²) < 4.78 is 32.9. The second kappa shape index (κ2) is 9.99. The van der Waals surface area contributed by atoms with E-state index < -0.39 is 16.1 Å². The molecule has 0 spiro atoms. The first-order chi connectivity index (χ1) is 17.8. The van der Waals surface area contributed by atoms with E-state index >= 15 is 0 Å². The van der Waals surface area contributed by atoms with Gasteiger partial charge in [0.15, 0.2) is 5.03 Å². The molecule has 0 saturated carbocycles. The summed E-state index contributed by atoms with van der Waals surface area (Å²) in [5.74, 6) is 0.0562. The Labute approximate surface area is 216 Å². The number of carbonyl (C=O) groups is 1. The smallest absolute Gasteiger partial charge is 0.262 e. The highest BCUT2D eigenvalue weighted by Gasteiger charge is 2.38. The van der Waals surface area contributed by atoms with Crippen LogP contribution in [0.15, 0.2) is 48.3 Å². The Morgan fingerprint density at radius 1 is 1.22 bits per heavy atom. The maximum absolute atomic E-state index is 13.9. The van der Waals surface area contributed by atoms with E-state index in [-0.39, 0.29) is 17.5 Å². The number of amides is 1. The monoisotopic (exact) mass is 522 g/mol. The maximum atomic E-state index is 13.9. The fourth-order valence-corrected chi connectivity index (χ4v) is 6.75. The van der Waals surface area contributed by atoms with E-state index in [1.807, 2.05) is 23.7 Å². The zero-order chi connectivity index (χ0) is 26.2. The number of hydrogen-bond donors (Lipinski definition) is 0. The molecule has 12 heteroatoms. The number of aromatic nitrogens is 4. The van der Waals surface area contributed by atoms with Crippen LogP contribution in [0.4, 0.5) is 5.69 Å². The van der Waals surface area contributed by atoms with Gasteiger partial charge in [-0.3, -0.25) is 4.79 Å². The summed E-state index contributed by atoms with van der Waals surface area (Å²) in [6.45, 7) is 2.12. The van der Waals surface area contributed by atoms with Gasteiger partial charge < -0.3 is 18.9 Å². The summed E-state index contributed by atoms with van der Waals surface area (Å²) in [4.78, 5) is 24.5. The highest BCUT2D eigenvalue weighted by molar-refractivity contribution is 7.89. The molecular formula is C25H30N8O3S. The van der Waals surface area contributed by atoms with Crippen LogP contribution in [0.25, 0.3) is 0 Å². The molecule has 1 unspecified atom stereocenters. The number of likely N-dealkylation sites (tertiary alicyclic amines) is 1. The third kappa shape index (κ3) is 4.97. The number of imidazole rings is 2. The van der Waals surface area contributed by atoms with Gasteiger partial charge in [0.2, 0.25) is 5.91 Å². The SMILES string of the molecule is Cn1cnc(S(=O)(=O)N(CCN2CCCC2=O)C2Cc3cc(C#N)ccc3N(Cc3cncn3C)C2)c1.